The number of carbonyl (C=O) groups excluding carboxylic acids is 1. The van der Waals surface area contributed by atoms with E-state index in [-0.39, 0.29) is 5.91 Å². The number of nitrogens with two attached hydrogens (primary N) is 1. The molecule has 1 aromatic rings. The Bertz CT molecular complexity index is 359. The molecule has 0 bridgehead atoms. The van der Waals surface area contributed by atoms with Crippen molar-refractivity contribution >= 4 is 5.91 Å². The van der Waals surface area contributed by atoms with Gasteiger partial charge in [0.1, 0.15) is 0 Å². The van der Waals surface area contributed by atoms with Crippen molar-refractivity contribution in [2.45, 2.75) is 39.7 Å². The predicted octanol–water partition coefficient (Wildman–Crippen LogP) is 2.38. The third-order valence-corrected chi connectivity index (χ3v) is 3.13. The maximum Gasteiger partial charge on any atom is 0.220 e. The predicted molar refractivity (Wildman–Crippen MR) is 75.1 cm³/mol. The molecule has 1 amide bonds. The molecule has 0 aliphatic rings. The van der Waals surface area contributed by atoms with Crippen molar-refractivity contribution in [2.75, 3.05) is 6.54 Å². The van der Waals surface area contributed by atoms with Crippen molar-refractivity contribution in [1.82, 2.24) is 5.32 Å². The fourth-order valence-electron chi connectivity index (χ4n) is 1.80. The average Bonchev–Trinajstić information content (AvgIpc) is 2.36. The van der Waals surface area contributed by atoms with Gasteiger partial charge in [-0.2, -0.15) is 0 Å². The van der Waals surface area contributed by atoms with Gasteiger partial charge in [0, 0.05) is 13.0 Å². The summed E-state index contributed by atoms with van der Waals surface area (Å²) in [5, 5.41) is 2.95. The van der Waals surface area contributed by atoms with Crippen LogP contribution in [0.1, 0.15) is 37.3 Å². The molecule has 100 valence electrons. The molecule has 1 aromatic carbocycles. The van der Waals surface area contributed by atoms with Gasteiger partial charge in [-0.3, -0.25) is 4.79 Å². The summed E-state index contributed by atoms with van der Waals surface area (Å²) in [7, 11) is 0. The first-order chi connectivity index (χ1) is 8.61. The molecule has 0 aromatic heterocycles. The van der Waals surface area contributed by atoms with Crippen molar-refractivity contribution in [3.8, 4) is 0 Å². The average molecular weight is 248 g/mol. The summed E-state index contributed by atoms with van der Waals surface area (Å²) in [5.41, 5.74) is 7.86. The Balaban J connectivity index is 2.22. The molecule has 1 rings (SSSR count). The lowest BCUT2D eigenvalue weighted by molar-refractivity contribution is -0.121. The number of carbonyl (C=O) groups is 1. The maximum absolute atomic E-state index is 11.6. The molecule has 0 saturated carbocycles. The van der Waals surface area contributed by atoms with Crippen LogP contribution in [-0.2, 0) is 11.3 Å². The molecule has 0 spiro atoms. The number of nitrogens with one attached hydrogen (secondary N) is 1. The highest BCUT2D eigenvalue weighted by Crippen LogP contribution is 2.09. The lowest BCUT2D eigenvalue weighted by Gasteiger charge is -2.10. The van der Waals surface area contributed by atoms with Gasteiger partial charge in [0.15, 0.2) is 0 Å². The van der Waals surface area contributed by atoms with Crippen LogP contribution in [0.15, 0.2) is 24.3 Å². The quantitative estimate of drug-likeness (QED) is 0.778. The van der Waals surface area contributed by atoms with E-state index in [2.05, 4.69) is 31.3 Å². The third-order valence-electron chi connectivity index (χ3n) is 3.13. The first-order valence-corrected chi connectivity index (χ1v) is 6.64. The number of amides is 1. The number of benzene rings is 1. The topological polar surface area (TPSA) is 55.1 Å². The Kier molecular flexibility index (Phi) is 6.44. The summed E-state index contributed by atoms with van der Waals surface area (Å²) in [6.45, 7) is 5.51. The number of aryl methyl sites for hydroxylation is 1. The van der Waals surface area contributed by atoms with Gasteiger partial charge in [-0.25, -0.2) is 0 Å². The van der Waals surface area contributed by atoms with Crippen LogP contribution in [0.25, 0.3) is 0 Å². The van der Waals surface area contributed by atoms with Crippen LogP contribution in [0.5, 0.6) is 0 Å². The molecule has 3 heteroatoms. The Labute approximate surface area is 110 Å². The summed E-state index contributed by atoms with van der Waals surface area (Å²) in [6, 6.07) is 8.22. The second-order valence-corrected chi connectivity index (χ2v) is 4.98. The molecule has 0 aliphatic heterocycles. The Morgan fingerprint density at radius 3 is 2.56 bits per heavy atom. The van der Waals surface area contributed by atoms with Crippen molar-refractivity contribution in [3.05, 3.63) is 35.4 Å². The highest BCUT2D eigenvalue weighted by atomic mass is 16.1. The van der Waals surface area contributed by atoms with Gasteiger partial charge in [-0.15, -0.1) is 0 Å². The molecule has 0 saturated heterocycles. The highest BCUT2D eigenvalue weighted by Gasteiger charge is 2.05. The van der Waals surface area contributed by atoms with Gasteiger partial charge in [-0.1, -0.05) is 36.8 Å². The van der Waals surface area contributed by atoms with E-state index in [9.17, 15) is 4.79 Å². The molecule has 3 N–H and O–H groups in total. The Morgan fingerprint density at radius 1 is 1.28 bits per heavy atom. The molecule has 18 heavy (non-hydrogen) atoms. The summed E-state index contributed by atoms with van der Waals surface area (Å²) < 4.78 is 0. The van der Waals surface area contributed by atoms with E-state index in [4.69, 9.17) is 5.73 Å². The molecule has 0 radical (unpaired) electrons. The SMILES string of the molecule is Cc1ccc(CNC(=O)CCC(C)CCN)cc1. The summed E-state index contributed by atoms with van der Waals surface area (Å²) >= 11 is 0. The molecule has 0 fully saturated rings. The van der Waals surface area contributed by atoms with Crippen LogP contribution in [0.2, 0.25) is 0 Å². The van der Waals surface area contributed by atoms with Crippen LogP contribution >= 0.6 is 0 Å². The minimum absolute atomic E-state index is 0.124. The van der Waals surface area contributed by atoms with Crippen LogP contribution < -0.4 is 11.1 Å². The zero-order valence-electron chi connectivity index (χ0n) is 11.4. The van der Waals surface area contributed by atoms with Crippen LogP contribution in [-0.4, -0.2) is 12.5 Å². The zero-order valence-corrected chi connectivity index (χ0v) is 11.4. The number of hydrogen-bond acceptors (Lipinski definition) is 2. The second-order valence-electron chi connectivity index (χ2n) is 4.98. The van der Waals surface area contributed by atoms with Gasteiger partial charge >= 0.3 is 0 Å². The van der Waals surface area contributed by atoms with E-state index in [0.717, 1.165) is 18.4 Å². The minimum atomic E-state index is 0.124. The van der Waals surface area contributed by atoms with E-state index in [1.54, 1.807) is 0 Å². The van der Waals surface area contributed by atoms with Gasteiger partial charge in [0.05, 0.1) is 0 Å². The summed E-state index contributed by atoms with van der Waals surface area (Å²) in [4.78, 5) is 11.6. The standard InChI is InChI=1S/C15H24N2O/c1-12-3-6-14(7-4-12)11-17-15(18)8-5-13(2)9-10-16/h3-4,6-7,13H,5,8-11,16H2,1-2H3,(H,17,18). The number of hydrogen-bond donors (Lipinski definition) is 2. The van der Waals surface area contributed by atoms with Gasteiger partial charge in [-0.05, 0) is 37.8 Å². The van der Waals surface area contributed by atoms with Crippen LogP contribution in [0.3, 0.4) is 0 Å². The minimum Gasteiger partial charge on any atom is -0.352 e. The number of rotatable bonds is 7. The lowest BCUT2D eigenvalue weighted by atomic mass is 10.0. The third kappa shape index (κ3) is 5.82. The van der Waals surface area contributed by atoms with E-state index >= 15 is 0 Å². The second kappa shape index (κ2) is 7.88. The normalized spacial score (nSPS) is 12.2. The smallest absolute Gasteiger partial charge is 0.220 e. The largest absolute Gasteiger partial charge is 0.352 e. The van der Waals surface area contributed by atoms with Crippen molar-refractivity contribution in [3.63, 3.8) is 0 Å². The Hall–Kier alpha value is -1.35. The monoisotopic (exact) mass is 248 g/mol. The van der Waals surface area contributed by atoms with E-state index in [0.29, 0.717) is 25.4 Å². The first-order valence-electron chi connectivity index (χ1n) is 6.64. The Morgan fingerprint density at radius 2 is 1.94 bits per heavy atom. The van der Waals surface area contributed by atoms with Crippen LogP contribution in [0, 0.1) is 12.8 Å². The lowest BCUT2D eigenvalue weighted by Crippen LogP contribution is -2.23. The first kappa shape index (κ1) is 14.7. The van der Waals surface area contributed by atoms with Crippen molar-refractivity contribution in [1.29, 1.82) is 0 Å². The van der Waals surface area contributed by atoms with Crippen LogP contribution in [0.4, 0.5) is 0 Å². The van der Waals surface area contributed by atoms with E-state index < -0.39 is 0 Å². The van der Waals surface area contributed by atoms with Crippen molar-refractivity contribution in [2.24, 2.45) is 11.7 Å². The summed E-state index contributed by atoms with van der Waals surface area (Å²) in [5.74, 6) is 0.652. The molecule has 3 nitrogen and oxygen atoms in total. The van der Waals surface area contributed by atoms with Gasteiger partial charge < -0.3 is 11.1 Å². The van der Waals surface area contributed by atoms with E-state index in [1.165, 1.54) is 5.56 Å². The molecular weight excluding hydrogens is 224 g/mol. The fraction of sp³-hybridized carbons (Fsp3) is 0.533. The molecule has 1 unspecified atom stereocenters. The molecule has 0 heterocycles. The van der Waals surface area contributed by atoms with E-state index in [1.807, 2.05) is 12.1 Å². The van der Waals surface area contributed by atoms with Gasteiger partial charge in [0.2, 0.25) is 5.91 Å². The molecular formula is C15H24N2O. The van der Waals surface area contributed by atoms with Gasteiger partial charge in [0.25, 0.3) is 0 Å². The fourth-order valence-corrected chi connectivity index (χ4v) is 1.80. The zero-order chi connectivity index (χ0) is 13.4. The van der Waals surface area contributed by atoms with Crippen molar-refractivity contribution < 1.29 is 4.79 Å². The molecule has 0 aliphatic carbocycles. The summed E-state index contributed by atoms with van der Waals surface area (Å²) in [6.07, 6.45) is 2.50. The maximum atomic E-state index is 11.6. The highest BCUT2D eigenvalue weighted by molar-refractivity contribution is 5.75. The molecule has 1 atom stereocenters.